The Kier molecular flexibility index (Phi) is 2.77. The Morgan fingerprint density at radius 3 is 2.56 bits per heavy atom. The highest BCUT2D eigenvalue weighted by Crippen LogP contribution is 2.21. The van der Waals surface area contributed by atoms with E-state index in [0.717, 1.165) is 0 Å². The number of H-pyrrole nitrogens is 1. The number of carbonyl (C=O) groups excluding carboxylic acids is 2. The molecule has 0 radical (unpaired) electrons. The average Bonchev–Trinajstić information content (AvgIpc) is 2.61. The third kappa shape index (κ3) is 1.84. The first kappa shape index (κ1) is 10.5. The Balaban J connectivity index is 2.59. The maximum Gasteiger partial charge on any atom is 0.213 e. The van der Waals surface area contributed by atoms with Crippen molar-refractivity contribution >= 4 is 51.7 Å². The molecule has 2 heterocycles. The van der Waals surface area contributed by atoms with Crippen LogP contribution in [0.2, 0.25) is 0 Å². The van der Waals surface area contributed by atoms with Gasteiger partial charge in [0.15, 0.2) is 11.5 Å². The van der Waals surface area contributed by atoms with Crippen LogP contribution < -0.4 is 10.6 Å². The normalized spacial score (nSPS) is 10.1. The van der Waals surface area contributed by atoms with E-state index >= 15 is 0 Å². The van der Waals surface area contributed by atoms with Crippen LogP contribution in [0.5, 0.6) is 0 Å². The van der Waals surface area contributed by atoms with Gasteiger partial charge >= 0.3 is 0 Å². The fourth-order valence-electron chi connectivity index (χ4n) is 1.16. The van der Waals surface area contributed by atoms with Gasteiger partial charge in [-0.05, 0) is 15.9 Å². The van der Waals surface area contributed by atoms with E-state index in [0.29, 0.717) is 24.0 Å². The number of imidazole rings is 1. The monoisotopic (exact) mass is 284 g/mol. The molecule has 82 valence electrons. The van der Waals surface area contributed by atoms with Crippen LogP contribution in [0, 0.1) is 0 Å². The molecule has 2 aromatic heterocycles. The summed E-state index contributed by atoms with van der Waals surface area (Å²) < 4.78 is 0.286. The molecule has 0 bridgehead atoms. The Bertz CT molecular complexity index is 553. The summed E-state index contributed by atoms with van der Waals surface area (Å²) in [7, 11) is 0. The number of aromatic nitrogens is 4. The number of halogens is 1. The molecule has 8 nitrogen and oxygen atoms in total. The molecule has 0 atom stereocenters. The van der Waals surface area contributed by atoms with Crippen molar-refractivity contribution in [2.24, 2.45) is 0 Å². The number of fused-ring (bicyclic) bond motifs is 1. The molecular formula is C7H5BrN6O2. The quantitative estimate of drug-likeness (QED) is 0.550. The largest absolute Gasteiger partial charge is 0.319 e. The summed E-state index contributed by atoms with van der Waals surface area (Å²) in [5.41, 5.74) is 0.759. The van der Waals surface area contributed by atoms with E-state index in [9.17, 15) is 9.59 Å². The smallest absolute Gasteiger partial charge is 0.213 e. The fraction of sp³-hybridized carbons (Fsp3) is 0. The topological polar surface area (TPSA) is 113 Å². The molecule has 2 aromatic rings. The summed E-state index contributed by atoms with van der Waals surface area (Å²) in [6.45, 7) is 0. The van der Waals surface area contributed by atoms with Crippen LogP contribution in [-0.4, -0.2) is 32.8 Å². The van der Waals surface area contributed by atoms with Gasteiger partial charge in [-0.15, -0.1) is 0 Å². The number of anilines is 2. The maximum absolute atomic E-state index is 10.4. The summed E-state index contributed by atoms with van der Waals surface area (Å²) in [6.07, 6.45) is 0.967. The summed E-state index contributed by atoms with van der Waals surface area (Å²) >= 11 is 3.08. The van der Waals surface area contributed by atoms with E-state index in [-0.39, 0.29) is 16.5 Å². The molecule has 0 saturated heterocycles. The third-order valence-electron chi connectivity index (χ3n) is 1.72. The van der Waals surface area contributed by atoms with E-state index in [1.807, 2.05) is 0 Å². The van der Waals surface area contributed by atoms with Crippen molar-refractivity contribution in [2.75, 3.05) is 10.6 Å². The highest BCUT2D eigenvalue weighted by atomic mass is 79.9. The average molecular weight is 285 g/mol. The zero-order valence-corrected chi connectivity index (χ0v) is 9.28. The lowest BCUT2D eigenvalue weighted by Gasteiger charge is -1.98. The number of nitrogens with zero attached hydrogens (tertiary/aromatic N) is 3. The first-order chi connectivity index (χ1) is 7.74. The summed E-state index contributed by atoms with van der Waals surface area (Å²) in [6, 6.07) is 0. The molecule has 3 N–H and O–H groups in total. The van der Waals surface area contributed by atoms with E-state index in [2.05, 4.69) is 46.5 Å². The van der Waals surface area contributed by atoms with Crippen molar-refractivity contribution in [1.29, 1.82) is 0 Å². The van der Waals surface area contributed by atoms with Gasteiger partial charge < -0.3 is 10.3 Å². The van der Waals surface area contributed by atoms with Crippen LogP contribution in [0.15, 0.2) is 4.73 Å². The number of carbonyl (C=O) groups is 2. The van der Waals surface area contributed by atoms with Gasteiger partial charge in [-0.1, -0.05) is 0 Å². The number of amides is 2. The Hall–Kier alpha value is -2.03. The Morgan fingerprint density at radius 1 is 1.12 bits per heavy atom. The van der Waals surface area contributed by atoms with Gasteiger partial charge in [0, 0.05) is 0 Å². The first-order valence-corrected chi connectivity index (χ1v) is 4.87. The maximum atomic E-state index is 10.4. The van der Waals surface area contributed by atoms with Gasteiger partial charge in [-0.2, -0.15) is 4.98 Å². The van der Waals surface area contributed by atoms with Crippen molar-refractivity contribution in [3.8, 4) is 0 Å². The van der Waals surface area contributed by atoms with Crippen molar-refractivity contribution in [3.05, 3.63) is 4.73 Å². The summed E-state index contributed by atoms with van der Waals surface area (Å²) in [5, 5.41) is 4.74. The van der Waals surface area contributed by atoms with Gasteiger partial charge in [0.25, 0.3) is 0 Å². The molecule has 9 heteroatoms. The summed E-state index contributed by atoms with van der Waals surface area (Å²) in [4.78, 5) is 35.3. The van der Waals surface area contributed by atoms with Crippen LogP contribution in [0.1, 0.15) is 0 Å². The molecule has 0 saturated carbocycles. The fourth-order valence-corrected chi connectivity index (χ4v) is 1.50. The van der Waals surface area contributed by atoms with Gasteiger partial charge in [0.05, 0.1) is 0 Å². The predicted octanol–water partition coefficient (Wildman–Crippen LogP) is 0.252. The lowest BCUT2D eigenvalue weighted by molar-refractivity contribution is -0.106. The minimum Gasteiger partial charge on any atom is -0.319 e. The lowest BCUT2D eigenvalue weighted by atomic mass is 10.5. The molecule has 0 unspecified atom stereocenters. The van der Waals surface area contributed by atoms with Crippen LogP contribution in [0.4, 0.5) is 11.8 Å². The molecule has 0 fully saturated rings. The van der Waals surface area contributed by atoms with E-state index in [4.69, 9.17) is 0 Å². The van der Waals surface area contributed by atoms with Crippen molar-refractivity contribution in [1.82, 2.24) is 19.9 Å². The number of nitrogens with one attached hydrogen (secondary N) is 3. The highest BCUT2D eigenvalue weighted by molar-refractivity contribution is 9.10. The molecule has 0 aromatic carbocycles. The van der Waals surface area contributed by atoms with Crippen LogP contribution >= 0.6 is 15.9 Å². The zero-order chi connectivity index (χ0) is 11.5. The second-order valence-electron chi connectivity index (χ2n) is 2.65. The van der Waals surface area contributed by atoms with Crippen LogP contribution in [0.25, 0.3) is 11.2 Å². The molecule has 2 rings (SSSR count). The highest BCUT2D eigenvalue weighted by Gasteiger charge is 2.10. The lowest BCUT2D eigenvalue weighted by Crippen LogP contribution is -1.99. The minimum atomic E-state index is 0.228. The van der Waals surface area contributed by atoms with Gasteiger partial charge in [0.1, 0.15) is 5.52 Å². The molecule has 0 aliphatic heterocycles. The number of hydrogen-bond donors (Lipinski definition) is 3. The predicted molar refractivity (Wildman–Crippen MR) is 58.8 cm³/mol. The zero-order valence-electron chi connectivity index (χ0n) is 7.69. The molecular weight excluding hydrogens is 280 g/mol. The standard InChI is InChI=1S/C7H5BrN6O2/c8-6-12-4(9-1-15)3-5(13-6)14-7(11-3)10-2-16/h1-2H,(H3,9,10,11,12,13,14,15,16). The second kappa shape index (κ2) is 4.23. The molecule has 0 spiro atoms. The SMILES string of the molecule is O=CNc1nc2nc(Br)nc(NC=O)c2[nH]1. The number of rotatable bonds is 4. The van der Waals surface area contributed by atoms with E-state index in [1.54, 1.807) is 0 Å². The van der Waals surface area contributed by atoms with Gasteiger partial charge in [0.2, 0.25) is 23.5 Å². The van der Waals surface area contributed by atoms with Crippen molar-refractivity contribution in [3.63, 3.8) is 0 Å². The van der Waals surface area contributed by atoms with Crippen molar-refractivity contribution < 1.29 is 9.59 Å². The van der Waals surface area contributed by atoms with Gasteiger partial charge in [-0.25, -0.2) is 9.97 Å². The van der Waals surface area contributed by atoms with E-state index < -0.39 is 0 Å². The number of hydrogen-bond acceptors (Lipinski definition) is 5. The van der Waals surface area contributed by atoms with Crippen LogP contribution in [0.3, 0.4) is 0 Å². The Labute approximate surface area is 97.0 Å². The summed E-state index contributed by atoms with van der Waals surface area (Å²) in [5.74, 6) is 0.504. The Morgan fingerprint density at radius 2 is 1.88 bits per heavy atom. The number of aromatic amines is 1. The minimum absolute atomic E-state index is 0.228. The molecule has 2 amide bonds. The van der Waals surface area contributed by atoms with E-state index in [1.165, 1.54) is 0 Å². The van der Waals surface area contributed by atoms with Gasteiger partial charge in [-0.3, -0.25) is 14.9 Å². The first-order valence-electron chi connectivity index (χ1n) is 4.08. The third-order valence-corrected chi connectivity index (χ3v) is 2.07. The second-order valence-corrected chi connectivity index (χ2v) is 3.36. The van der Waals surface area contributed by atoms with Crippen molar-refractivity contribution in [2.45, 2.75) is 0 Å². The molecule has 0 aliphatic rings. The van der Waals surface area contributed by atoms with Crippen LogP contribution in [-0.2, 0) is 9.59 Å². The molecule has 0 aliphatic carbocycles. The molecule has 16 heavy (non-hydrogen) atoms.